The number of likely N-dealkylation sites (tertiary alicyclic amines) is 1. The zero-order chi connectivity index (χ0) is 15.2. The Hall–Kier alpha value is -1.31. The normalized spacial score (nSPS) is 19.8. The molecule has 0 radical (unpaired) electrons. The number of piperidine rings is 1. The Morgan fingerprint density at radius 3 is 2.60 bits per heavy atom. The molecule has 0 spiro atoms. The minimum Gasteiger partial charge on any atom is -0.467 e. The summed E-state index contributed by atoms with van der Waals surface area (Å²) in [4.78, 5) is 24.8. The van der Waals surface area contributed by atoms with E-state index in [2.05, 4.69) is 9.47 Å². The summed E-state index contributed by atoms with van der Waals surface area (Å²) in [5.41, 5.74) is 0. The van der Waals surface area contributed by atoms with Gasteiger partial charge in [-0.1, -0.05) is 0 Å². The number of esters is 1. The first kappa shape index (κ1) is 16.7. The molecule has 1 saturated heterocycles. The molecule has 1 fully saturated rings. The summed E-state index contributed by atoms with van der Waals surface area (Å²) in [7, 11) is 1.24. The van der Waals surface area contributed by atoms with Crippen molar-refractivity contribution in [3.8, 4) is 0 Å². The second-order valence-corrected chi connectivity index (χ2v) is 4.54. The second-order valence-electron chi connectivity index (χ2n) is 4.54. The van der Waals surface area contributed by atoms with Crippen molar-refractivity contribution >= 4 is 11.9 Å². The number of hydrogen-bond donors (Lipinski definition) is 0. The smallest absolute Gasteiger partial charge is 0.411 e. The molecule has 0 aromatic rings. The molecule has 116 valence electrons. The standard InChI is InChI=1S/C12H18F3NO4/c1-19-11(18)9-4-2-3-6-16(9)10(17)5-7-20-8-12(13,14)15/h9H,2-8H2,1H3. The fourth-order valence-electron chi connectivity index (χ4n) is 2.10. The Balaban J connectivity index is 2.42. The van der Waals surface area contributed by atoms with E-state index in [1.54, 1.807) is 0 Å². The van der Waals surface area contributed by atoms with Gasteiger partial charge in [0.05, 0.1) is 20.1 Å². The molecule has 1 heterocycles. The Kier molecular flexibility index (Phi) is 6.25. The van der Waals surface area contributed by atoms with Crippen molar-refractivity contribution in [1.82, 2.24) is 4.90 Å². The largest absolute Gasteiger partial charge is 0.467 e. The lowest BCUT2D eigenvalue weighted by molar-refractivity contribution is -0.175. The lowest BCUT2D eigenvalue weighted by atomic mass is 10.0. The summed E-state index contributed by atoms with van der Waals surface area (Å²) in [5.74, 6) is -0.878. The number of hydrogen-bond acceptors (Lipinski definition) is 4. The molecule has 1 rings (SSSR count). The average molecular weight is 297 g/mol. The molecular weight excluding hydrogens is 279 g/mol. The van der Waals surface area contributed by atoms with Crippen molar-refractivity contribution in [1.29, 1.82) is 0 Å². The zero-order valence-electron chi connectivity index (χ0n) is 11.2. The van der Waals surface area contributed by atoms with Crippen LogP contribution in [-0.2, 0) is 19.1 Å². The van der Waals surface area contributed by atoms with Gasteiger partial charge < -0.3 is 14.4 Å². The highest BCUT2D eigenvalue weighted by Gasteiger charge is 2.33. The van der Waals surface area contributed by atoms with Crippen LogP contribution in [0.4, 0.5) is 13.2 Å². The highest BCUT2D eigenvalue weighted by molar-refractivity contribution is 5.84. The number of carbonyl (C=O) groups excluding carboxylic acids is 2. The van der Waals surface area contributed by atoms with Crippen LogP contribution in [0.5, 0.6) is 0 Å². The van der Waals surface area contributed by atoms with Gasteiger partial charge in [0.2, 0.25) is 5.91 Å². The van der Waals surface area contributed by atoms with Gasteiger partial charge in [0, 0.05) is 6.54 Å². The minimum atomic E-state index is -4.40. The third kappa shape index (κ3) is 5.36. The first-order valence-electron chi connectivity index (χ1n) is 6.37. The third-order valence-corrected chi connectivity index (χ3v) is 3.02. The molecule has 0 aromatic carbocycles. The predicted octanol–water partition coefficient (Wildman–Crippen LogP) is 1.51. The fraction of sp³-hybridized carbons (Fsp3) is 0.833. The maximum Gasteiger partial charge on any atom is 0.411 e. The van der Waals surface area contributed by atoms with Gasteiger partial charge in [-0.3, -0.25) is 4.79 Å². The van der Waals surface area contributed by atoms with E-state index >= 15 is 0 Å². The number of amides is 1. The average Bonchev–Trinajstić information content (AvgIpc) is 2.41. The molecule has 0 saturated carbocycles. The second kappa shape index (κ2) is 7.47. The summed E-state index contributed by atoms with van der Waals surface area (Å²) >= 11 is 0. The highest BCUT2D eigenvalue weighted by atomic mass is 19.4. The lowest BCUT2D eigenvalue weighted by Gasteiger charge is -2.33. The molecule has 0 aliphatic carbocycles. The minimum absolute atomic E-state index is 0.177. The molecule has 0 N–H and O–H groups in total. The Morgan fingerprint density at radius 1 is 1.30 bits per heavy atom. The van der Waals surface area contributed by atoms with Crippen LogP contribution in [0.1, 0.15) is 25.7 Å². The summed E-state index contributed by atoms with van der Waals surface area (Å²) in [6.07, 6.45) is -2.48. The van der Waals surface area contributed by atoms with Crippen LogP contribution in [0.15, 0.2) is 0 Å². The van der Waals surface area contributed by atoms with Gasteiger partial charge in [0.25, 0.3) is 0 Å². The van der Waals surface area contributed by atoms with E-state index in [1.807, 2.05) is 0 Å². The molecular formula is C12H18F3NO4. The SMILES string of the molecule is COC(=O)C1CCCCN1C(=O)CCOCC(F)(F)F. The van der Waals surface area contributed by atoms with Crippen LogP contribution in [0.25, 0.3) is 0 Å². The molecule has 1 aliphatic heterocycles. The topological polar surface area (TPSA) is 55.8 Å². The monoisotopic (exact) mass is 297 g/mol. The van der Waals surface area contributed by atoms with Gasteiger partial charge >= 0.3 is 12.1 Å². The third-order valence-electron chi connectivity index (χ3n) is 3.02. The van der Waals surface area contributed by atoms with E-state index in [0.29, 0.717) is 13.0 Å². The number of ether oxygens (including phenoxy) is 2. The molecule has 0 bridgehead atoms. The summed E-state index contributed by atoms with van der Waals surface area (Å²) in [6, 6.07) is -0.635. The van der Waals surface area contributed by atoms with Crippen molar-refractivity contribution in [2.45, 2.75) is 37.9 Å². The molecule has 1 unspecified atom stereocenters. The molecule has 20 heavy (non-hydrogen) atoms. The van der Waals surface area contributed by atoms with Gasteiger partial charge in [-0.2, -0.15) is 13.2 Å². The van der Waals surface area contributed by atoms with Gasteiger partial charge in [0.1, 0.15) is 12.6 Å². The van der Waals surface area contributed by atoms with Crippen LogP contribution in [-0.4, -0.2) is 55.9 Å². The number of carbonyl (C=O) groups is 2. The molecule has 1 aliphatic rings. The van der Waals surface area contributed by atoms with Crippen LogP contribution < -0.4 is 0 Å². The first-order chi connectivity index (χ1) is 9.35. The fourth-order valence-corrected chi connectivity index (χ4v) is 2.10. The summed E-state index contributed by atoms with van der Waals surface area (Å²) < 4.78 is 44.6. The van der Waals surface area contributed by atoms with Crippen molar-refractivity contribution in [3.05, 3.63) is 0 Å². The molecule has 1 amide bonds. The molecule has 1 atom stereocenters. The molecule has 5 nitrogen and oxygen atoms in total. The van der Waals surface area contributed by atoms with Gasteiger partial charge in [-0.15, -0.1) is 0 Å². The van der Waals surface area contributed by atoms with Crippen molar-refractivity contribution < 1.29 is 32.2 Å². The van der Waals surface area contributed by atoms with Crippen LogP contribution >= 0.6 is 0 Å². The van der Waals surface area contributed by atoms with E-state index in [4.69, 9.17) is 0 Å². The molecule has 0 aromatic heterocycles. The number of rotatable bonds is 5. The number of methoxy groups -OCH3 is 1. The van der Waals surface area contributed by atoms with E-state index in [1.165, 1.54) is 12.0 Å². The number of nitrogens with zero attached hydrogens (tertiary/aromatic N) is 1. The van der Waals surface area contributed by atoms with Crippen LogP contribution in [0, 0.1) is 0 Å². The maximum absolute atomic E-state index is 11.9. The van der Waals surface area contributed by atoms with Crippen molar-refractivity contribution in [3.63, 3.8) is 0 Å². The van der Waals surface area contributed by atoms with E-state index in [-0.39, 0.29) is 18.9 Å². The summed E-state index contributed by atoms with van der Waals surface area (Å²) in [6.45, 7) is -1.28. The maximum atomic E-state index is 11.9. The van der Waals surface area contributed by atoms with E-state index in [0.717, 1.165) is 12.8 Å². The zero-order valence-corrected chi connectivity index (χ0v) is 11.2. The number of alkyl halides is 3. The van der Waals surface area contributed by atoms with Crippen molar-refractivity contribution in [2.75, 3.05) is 26.9 Å². The number of halogens is 3. The first-order valence-corrected chi connectivity index (χ1v) is 6.37. The van der Waals surface area contributed by atoms with E-state index in [9.17, 15) is 22.8 Å². The lowest BCUT2D eigenvalue weighted by Crippen LogP contribution is -2.48. The Labute approximate surface area is 115 Å². The van der Waals surface area contributed by atoms with Crippen LogP contribution in [0.2, 0.25) is 0 Å². The van der Waals surface area contributed by atoms with Gasteiger partial charge in [-0.05, 0) is 19.3 Å². The van der Waals surface area contributed by atoms with Crippen molar-refractivity contribution in [2.24, 2.45) is 0 Å². The van der Waals surface area contributed by atoms with Crippen LogP contribution in [0.3, 0.4) is 0 Å². The quantitative estimate of drug-likeness (QED) is 0.570. The summed E-state index contributed by atoms with van der Waals surface area (Å²) in [5, 5.41) is 0. The molecule has 8 heteroatoms. The predicted molar refractivity (Wildman–Crippen MR) is 62.9 cm³/mol. The Bertz CT molecular complexity index is 346. The highest BCUT2D eigenvalue weighted by Crippen LogP contribution is 2.19. The van der Waals surface area contributed by atoms with Gasteiger partial charge in [-0.25, -0.2) is 4.79 Å². The van der Waals surface area contributed by atoms with E-state index < -0.39 is 24.8 Å². The van der Waals surface area contributed by atoms with Gasteiger partial charge in [0.15, 0.2) is 0 Å². The Morgan fingerprint density at radius 2 is 2.00 bits per heavy atom.